The summed E-state index contributed by atoms with van der Waals surface area (Å²) >= 11 is 3.39. The van der Waals surface area contributed by atoms with Crippen molar-refractivity contribution in [2.24, 2.45) is 5.16 Å². The summed E-state index contributed by atoms with van der Waals surface area (Å²) in [5.74, 6) is -3.26. The molecule has 0 aromatic carbocycles. The molecule has 4 rings (SSSR count). The van der Waals surface area contributed by atoms with Crippen LogP contribution in [-0.4, -0.2) is 125 Å². The molecule has 1 fully saturated rings. The van der Waals surface area contributed by atoms with Crippen LogP contribution in [0.3, 0.4) is 0 Å². The van der Waals surface area contributed by atoms with Crippen molar-refractivity contribution in [3.63, 3.8) is 0 Å². The fourth-order valence-electron chi connectivity index (χ4n) is 4.23. The fourth-order valence-corrected chi connectivity index (χ4v) is 7.27. The second-order valence-corrected chi connectivity index (χ2v) is 13.7. The first-order valence-electron chi connectivity index (χ1n) is 14.4. The van der Waals surface area contributed by atoms with Crippen molar-refractivity contribution in [1.82, 2.24) is 40.7 Å². The average Bonchev–Trinajstić information content (AvgIpc) is 3.69. The summed E-state index contributed by atoms with van der Waals surface area (Å²) < 4.78 is 11.4. The van der Waals surface area contributed by atoms with E-state index in [-0.39, 0.29) is 47.7 Å². The number of carbonyl (C=O) groups excluding carboxylic acids is 5. The predicted molar refractivity (Wildman–Crippen MR) is 173 cm³/mol. The summed E-state index contributed by atoms with van der Waals surface area (Å²) in [4.78, 5) is 83.6. The van der Waals surface area contributed by atoms with Crippen LogP contribution in [0.2, 0.25) is 0 Å². The first-order valence-corrected chi connectivity index (χ1v) is 17.3. The van der Waals surface area contributed by atoms with E-state index in [2.05, 4.69) is 41.6 Å². The van der Waals surface area contributed by atoms with Gasteiger partial charge in [0.15, 0.2) is 10.8 Å². The van der Waals surface area contributed by atoms with Crippen LogP contribution in [0.25, 0.3) is 0 Å². The Hall–Kier alpha value is -4.77. The monoisotopic (exact) mass is 740 g/mol. The van der Waals surface area contributed by atoms with E-state index in [0.29, 0.717) is 17.1 Å². The number of carbonyl (C=O) groups is 6. The molecule has 0 aliphatic carbocycles. The van der Waals surface area contributed by atoms with E-state index in [1.54, 1.807) is 27.7 Å². The molecule has 4 heterocycles. The number of hydrogen-bond donors (Lipinski definition) is 4. The third-order valence-electron chi connectivity index (χ3n) is 6.19. The number of thioether (sulfide) groups is 2. The summed E-state index contributed by atoms with van der Waals surface area (Å²) in [6.45, 7) is 6.72. The molecule has 23 heteroatoms. The molecular weight excluding hydrogens is 709 g/mol. The van der Waals surface area contributed by atoms with Crippen LogP contribution in [-0.2, 0) is 44.8 Å². The largest absolute Gasteiger partial charge is 0.477 e. The third kappa shape index (κ3) is 9.66. The number of nitrogens with zero attached hydrogens (tertiary/aromatic N) is 7. The lowest BCUT2D eigenvalue weighted by Gasteiger charge is -2.49. The van der Waals surface area contributed by atoms with E-state index in [1.165, 1.54) is 21.8 Å². The van der Waals surface area contributed by atoms with Crippen molar-refractivity contribution in [2.75, 3.05) is 36.6 Å². The lowest BCUT2D eigenvalue weighted by atomic mass is 10.0. The Kier molecular flexibility index (Phi) is 12.5. The molecule has 2 aliphatic rings. The Bertz CT molecular complexity index is 1650. The number of oxime groups is 1. The number of aromatic nitrogens is 5. The number of ether oxygens (including phenoxy) is 2. The van der Waals surface area contributed by atoms with Crippen LogP contribution < -0.4 is 16.0 Å². The van der Waals surface area contributed by atoms with Crippen LogP contribution in [0.15, 0.2) is 27.0 Å². The Labute approximate surface area is 290 Å². The van der Waals surface area contributed by atoms with Gasteiger partial charge in [-0.1, -0.05) is 16.9 Å². The van der Waals surface area contributed by atoms with E-state index in [0.717, 1.165) is 28.0 Å². The van der Waals surface area contributed by atoms with Gasteiger partial charge in [0.05, 0.1) is 13.2 Å². The highest BCUT2D eigenvalue weighted by Gasteiger charge is 2.54. The highest BCUT2D eigenvalue weighted by atomic mass is 32.2. The summed E-state index contributed by atoms with van der Waals surface area (Å²) in [5, 5.41) is 34.0. The zero-order valence-electron chi connectivity index (χ0n) is 26.5. The maximum absolute atomic E-state index is 13.3. The van der Waals surface area contributed by atoms with E-state index in [4.69, 9.17) is 14.3 Å². The number of tetrazole rings is 1. The number of thiazole rings is 1. The number of nitrogens with one attached hydrogen (secondary N) is 3. The number of esters is 1. The first-order chi connectivity index (χ1) is 23.3. The maximum Gasteiger partial charge on any atom is 0.407 e. The second-order valence-electron chi connectivity index (χ2n) is 10.8. The van der Waals surface area contributed by atoms with E-state index >= 15 is 0 Å². The van der Waals surface area contributed by atoms with Gasteiger partial charge >= 0.3 is 18.0 Å². The molecule has 2 aromatic rings. The molecule has 0 radical (unpaired) electrons. The highest BCUT2D eigenvalue weighted by molar-refractivity contribution is 8.01. The average molecular weight is 741 g/mol. The number of fused-ring (bicyclic) bond motifs is 1. The minimum Gasteiger partial charge on any atom is -0.477 e. The molecular formula is C26H32N10O10S3. The molecule has 4 N–H and O–H groups in total. The number of carboxylic acids is 1. The summed E-state index contributed by atoms with van der Waals surface area (Å²) in [6, 6.07) is -1.12. The summed E-state index contributed by atoms with van der Waals surface area (Å²) in [7, 11) is 0. The van der Waals surface area contributed by atoms with Gasteiger partial charge in [-0.05, 0) is 43.7 Å². The van der Waals surface area contributed by atoms with E-state index in [9.17, 15) is 33.9 Å². The van der Waals surface area contributed by atoms with Crippen LogP contribution in [0.5, 0.6) is 0 Å². The van der Waals surface area contributed by atoms with Crippen molar-refractivity contribution in [1.29, 1.82) is 0 Å². The van der Waals surface area contributed by atoms with Gasteiger partial charge < -0.3 is 35.4 Å². The van der Waals surface area contributed by atoms with Gasteiger partial charge in [0, 0.05) is 23.4 Å². The fraction of sp³-hybridized carbons (Fsp3) is 0.500. The van der Waals surface area contributed by atoms with Crippen molar-refractivity contribution >= 4 is 82.0 Å². The highest BCUT2D eigenvalue weighted by Crippen LogP contribution is 2.41. The van der Waals surface area contributed by atoms with Crippen molar-refractivity contribution < 1.29 is 48.2 Å². The van der Waals surface area contributed by atoms with Crippen molar-refractivity contribution in [2.45, 2.75) is 56.4 Å². The summed E-state index contributed by atoms with van der Waals surface area (Å²) in [6.07, 6.45) is -0.198. The quantitative estimate of drug-likeness (QED) is 0.0442. The van der Waals surface area contributed by atoms with E-state index < -0.39 is 59.2 Å². The molecule has 264 valence electrons. The standard InChI is InChI=1S/C26H32N10O10S3/c1-5-44-15(38)8-45-32-16(14-11-48-23(29-14)28-12-37)19(39)30-17-20(40)36-18(22(41)42)13(9-47-21(17)36)10-49-24-31-33-34-35(24)7-6-27-25(43)46-26(2,3)4/h11-12,17,21H,5-10H2,1-4H3,(H,27,43)(H,30,39)(H,41,42)(H,28,29,37)/t17?,21-/m1/s1. The molecule has 2 aliphatic heterocycles. The van der Waals surface area contributed by atoms with Crippen LogP contribution in [0, 0.1) is 0 Å². The number of rotatable bonds is 16. The lowest BCUT2D eigenvalue weighted by molar-refractivity contribution is -0.150. The topological polar surface area (TPSA) is 259 Å². The van der Waals surface area contributed by atoms with E-state index in [1.807, 2.05) is 0 Å². The molecule has 0 bridgehead atoms. The number of carboxylic acid groups (broad SMARTS) is 1. The third-order valence-corrected chi connectivity index (χ3v) is 9.35. The normalized spacial score (nSPS) is 17.4. The second kappa shape index (κ2) is 16.6. The SMILES string of the molecule is CCOC(=O)CON=C(C(=O)NC1C(=O)N2C(C(=O)O)=C(CSc3nnnn3CCNC(=O)OC(C)(C)C)CS[C@H]12)c1csc(NC=O)n1. The molecule has 2 atom stereocenters. The van der Waals surface area contributed by atoms with Gasteiger partial charge in [-0.3, -0.25) is 19.3 Å². The van der Waals surface area contributed by atoms with Crippen molar-refractivity contribution in [3.05, 3.63) is 22.3 Å². The molecule has 1 saturated heterocycles. The minimum atomic E-state index is -1.33. The van der Waals surface area contributed by atoms with Gasteiger partial charge in [0.2, 0.25) is 18.2 Å². The van der Waals surface area contributed by atoms with Gasteiger partial charge in [-0.25, -0.2) is 24.0 Å². The number of hydrogen-bond acceptors (Lipinski definition) is 17. The smallest absolute Gasteiger partial charge is 0.407 e. The Balaban J connectivity index is 1.41. The zero-order chi connectivity index (χ0) is 35.7. The van der Waals surface area contributed by atoms with Crippen LogP contribution >= 0.6 is 34.9 Å². The molecule has 2 aromatic heterocycles. The van der Waals surface area contributed by atoms with Crippen LogP contribution in [0.1, 0.15) is 33.4 Å². The van der Waals surface area contributed by atoms with Crippen LogP contribution in [0.4, 0.5) is 9.93 Å². The van der Waals surface area contributed by atoms with Gasteiger partial charge in [0.1, 0.15) is 28.4 Å². The molecule has 49 heavy (non-hydrogen) atoms. The maximum atomic E-state index is 13.3. The lowest BCUT2D eigenvalue weighted by Crippen LogP contribution is -2.71. The number of anilines is 1. The number of amides is 4. The zero-order valence-corrected chi connectivity index (χ0v) is 29.0. The Morgan fingerprint density at radius 3 is 2.73 bits per heavy atom. The molecule has 4 amide bonds. The Morgan fingerprint density at radius 2 is 2.04 bits per heavy atom. The van der Waals surface area contributed by atoms with Gasteiger partial charge in [0.25, 0.3) is 11.8 Å². The molecule has 0 spiro atoms. The van der Waals surface area contributed by atoms with Crippen molar-refractivity contribution in [3.8, 4) is 0 Å². The first kappa shape index (κ1) is 37.1. The number of alkyl carbamates (subject to hydrolysis) is 1. The molecule has 1 unspecified atom stereocenters. The molecule has 0 saturated carbocycles. The number of β-lactam (4-membered cyclic amide) rings is 1. The van der Waals surface area contributed by atoms with Gasteiger partial charge in [-0.15, -0.1) is 28.2 Å². The Morgan fingerprint density at radius 1 is 1.27 bits per heavy atom. The molecule has 20 nitrogen and oxygen atoms in total. The minimum absolute atomic E-state index is 0.0102. The number of aliphatic carboxylic acids is 1. The predicted octanol–water partition coefficient (Wildman–Crippen LogP) is 0.0373. The van der Waals surface area contributed by atoms with Gasteiger partial charge in [-0.2, -0.15) is 0 Å². The summed E-state index contributed by atoms with van der Waals surface area (Å²) in [5.41, 5.74) is -0.837.